The molecule has 11 heteroatoms. The molecule has 0 unspecified atom stereocenters. The van der Waals surface area contributed by atoms with Crippen LogP contribution in [0.5, 0.6) is 23.0 Å². The van der Waals surface area contributed by atoms with Gasteiger partial charge in [-0.05, 0) is 49.2 Å². The van der Waals surface area contributed by atoms with E-state index >= 15 is 0 Å². The third-order valence-electron chi connectivity index (χ3n) is 7.50. The Morgan fingerprint density at radius 1 is 1.07 bits per heavy atom. The minimum atomic E-state index is -1.11. The van der Waals surface area contributed by atoms with Crippen molar-refractivity contribution in [1.82, 2.24) is 9.78 Å². The summed E-state index contributed by atoms with van der Waals surface area (Å²) in [6.07, 6.45) is 5.01. The summed E-state index contributed by atoms with van der Waals surface area (Å²) in [5.74, 6) is -0.167. The molecule has 0 aliphatic carbocycles. The summed E-state index contributed by atoms with van der Waals surface area (Å²) in [5.41, 5.74) is 3.92. The molecular formula is C34H33ClN2O8. The number of ether oxygens (including phenoxy) is 4. The number of methoxy groups -OCH3 is 1. The number of carboxylic acid groups (broad SMARTS) is 2. The third kappa shape index (κ3) is 6.91. The summed E-state index contributed by atoms with van der Waals surface area (Å²) in [6.45, 7) is 4.57. The Labute approximate surface area is 265 Å². The Hall–Kier alpha value is -4.96. The largest absolute Gasteiger partial charge is 0.496 e. The standard InChI is InChI=1S/C34H33ClN2O8/c1-4-5-10-37-32(26-15-27(35)20(2)11-29(26)43-18-21-8-6-7-9-25(21)34(40)41)24(17-36-37)13-23(33(38)39)12-22-14-30-31(45-19-44-30)16-28(22)42-3/h6-9,11,13-17H,4-5,10,12,18-19H2,1-3H3,(H,38,39)(H,40,41)/b23-13+. The molecule has 0 amide bonds. The van der Waals surface area contributed by atoms with E-state index in [0.717, 1.165) is 18.4 Å². The lowest BCUT2D eigenvalue weighted by Gasteiger charge is -2.17. The van der Waals surface area contributed by atoms with Crippen molar-refractivity contribution in [1.29, 1.82) is 0 Å². The Morgan fingerprint density at radius 3 is 2.53 bits per heavy atom. The van der Waals surface area contributed by atoms with Crippen LogP contribution in [0.1, 0.15) is 52.4 Å². The minimum Gasteiger partial charge on any atom is -0.496 e. The van der Waals surface area contributed by atoms with Gasteiger partial charge in [0.1, 0.15) is 18.1 Å². The lowest BCUT2D eigenvalue weighted by Crippen LogP contribution is -2.08. The summed E-state index contributed by atoms with van der Waals surface area (Å²) in [4.78, 5) is 24.4. The van der Waals surface area contributed by atoms with Gasteiger partial charge in [0.25, 0.3) is 0 Å². The number of fused-ring (bicyclic) bond motifs is 1. The highest BCUT2D eigenvalue weighted by atomic mass is 35.5. The van der Waals surface area contributed by atoms with Crippen LogP contribution in [0, 0.1) is 6.92 Å². The normalized spacial score (nSPS) is 12.3. The summed E-state index contributed by atoms with van der Waals surface area (Å²) in [5, 5.41) is 25.1. The van der Waals surface area contributed by atoms with Gasteiger partial charge in [0.05, 0.1) is 24.6 Å². The molecule has 1 aromatic heterocycles. The zero-order valence-electron chi connectivity index (χ0n) is 25.1. The zero-order valence-corrected chi connectivity index (χ0v) is 25.9. The highest BCUT2D eigenvalue weighted by molar-refractivity contribution is 6.31. The minimum absolute atomic E-state index is 0.00486. The number of benzene rings is 3. The molecule has 0 saturated heterocycles. The molecule has 0 saturated carbocycles. The first-order valence-corrected chi connectivity index (χ1v) is 14.8. The van der Waals surface area contributed by atoms with Crippen LogP contribution in [0.15, 0.2) is 60.3 Å². The number of aryl methyl sites for hydroxylation is 2. The van der Waals surface area contributed by atoms with Crippen LogP contribution < -0.4 is 18.9 Å². The van der Waals surface area contributed by atoms with E-state index in [2.05, 4.69) is 12.0 Å². The number of nitrogens with zero attached hydrogens (tertiary/aromatic N) is 2. The molecule has 10 nitrogen and oxygen atoms in total. The molecule has 4 aromatic rings. The smallest absolute Gasteiger partial charge is 0.336 e. The maximum atomic E-state index is 12.6. The molecular weight excluding hydrogens is 600 g/mol. The summed E-state index contributed by atoms with van der Waals surface area (Å²) < 4.78 is 24.6. The lowest BCUT2D eigenvalue weighted by molar-refractivity contribution is -0.132. The van der Waals surface area contributed by atoms with Gasteiger partial charge in [0.15, 0.2) is 11.5 Å². The Balaban J connectivity index is 1.59. The molecule has 0 radical (unpaired) electrons. The molecule has 0 atom stereocenters. The first kappa shape index (κ1) is 31.5. The fraction of sp³-hybridized carbons (Fsp3) is 0.265. The second-order valence-electron chi connectivity index (χ2n) is 10.5. The second kappa shape index (κ2) is 13.8. The molecule has 1 aliphatic heterocycles. The van der Waals surface area contributed by atoms with Crippen LogP contribution in [0.3, 0.4) is 0 Å². The Morgan fingerprint density at radius 2 is 1.82 bits per heavy atom. The van der Waals surface area contributed by atoms with Crippen LogP contribution in [0.2, 0.25) is 5.02 Å². The van der Waals surface area contributed by atoms with Gasteiger partial charge in [-0.15, -0.1) is 0 Å². The second-order valence-corrected chi connectivity index (χ2v) is 10.9. The molecule has 0 bridgehead atoms. The number of aliphatic carboxylic acids is 1. The Kier molecular flexibility index (Phi) is 9.63. The first-order valence-electron chi connectivity index (χ1n) is 14.4. The summed E-state index contributed by atoms with van der Waals surface area (Å²) in [6, 6.07) is 13.6. The van der Waals surface area contributed by atoms with Gasteiger partial charge in [0, 0.05) is 51.9 Å². The molecule has 1 aliphatic rings. The summed E-state index contributed by atoms with van der Waals surface area (Å²) >= 11 is 6.63. The Bertz CT molecular complexity index is 1780. The number of carboxylic acids is 2. The van der Waals surface area contributed by atoms with E-state index in [9.17, 15) is 19.8 Å². The van der Waals surface area contributed by atoms with Crippen molar-refractivity contribution in [3.8, 4) is 34.3 Å². The summed E-state index contributed by atoms with van der Waals surface area (Å²) in [7, 11) is 1.51. The number of aromatic carboxylic acids is 1. The predicted octanol–water partition coefficient (Wildman–Crippen LogP) is 7.04. The van der Waals surface area contributed by atoms with E-state index in [4.69, 9.17) is 30.5 Å². The average Bonchev–Trinajstić information content (AvgIpc) is 3.65. The van der Waals surface area contributed by atoms with E-state index in [1.54, 1.807) is 54.7 Å². The monoisotopic (exact) mass is 632 g/mol. The van der Waals surface area contributed by atoms with Gasteiger partial charge in [-0.1, -0.05) is 43.1 Å². The average molecular weight is 633 g/mol. The van der Waals surface area contributed by atoms with Gasteiger partial charge in [0.2, 0.25) is 6.79 Å². The topological polar surface area (TPSA) is 129 Å². The number of halogens is 1. The number of unbranched alkanes of at least 4 members (excludes halogenated alkanes) is 1. The van der Waals surface area contributed by atoms with Gasteiger partial charge in [-0.2, -0.15) is 5.10 Å². The van der Waals surface area contributed by atoms with Gasteiger partial charge in [-0.3, -0.25) is 4.68 Å². The van der Waals surface area contributed by atoms with E-state index in [-0.39, 0.29) is 31.0 Å². The molecule has 3 aromatic carbocycles. The number of aromatic nitrogens is 2. The highest BCUT2D eigenvalue weighted by Gasteiger charge is 2.23. The number of rotatable bonds is 13. The molecule has 234 valence electrons. The molecule has 2 N–H and O–H groups in total. The fourth-order valence-electron chi connectivity index (χ4n) is 5.12. The van der Waals surface area contributed by atoms with E-state index in [1.165, 1.54) is 13.2 Å². The van der Waals surface area contributed by atoms with Crippen LogP contribution in [0.4, 0.5) is 0 Å². The third-order valence-corrected chi connectivity index (χ3v) is 7.91. The lowest BCUT2D eigenvalue weighted by atomic mass is 9.99. The van der Waals surface area contributed by atoms with Crippen LogP contribution in [0.25, 0.3) is 17.3 Å². The van der Waals surface area contributed by atoms with E-state index < -0.39 is 11.9 Å². The molecule has 0 fully saturated rings. The quantitative estimate of drug-likeness (QED) is 0.149. The maximum absolute atomic E-state index is 12.6. The number of hydrogen-bond acceptors (Lipinski definition) is 7. The molecule has 2 heterocycles. The molecule has 0 spiro atoms. The van der Waals surface area contributed by atoms with E-state index in [1.807, 2.05) is 11.6 Å². The van der Waals surface area contributed by atoms with Gasteiger partial charge < -0.3 is 29.2 Å². The fourth-order valence-corrected chi connectivity index (χ4v) is 5.29. The zero-order chi connectivity index (χ0) is 32.1. The van der Waals surface area contributed by atoms with Crippen molar-refractivity contribution >= 4 is 29.6 Å². The van der Waals surface area contributed by atoms with Crippen LogP contribution in [-0.2, 0) is 24.4 Å². The first-order chi connectivity index (χ1) is 21.7. The highest BCUT2D eigenvalue weighted by Crippen LogP contribution is 2.41. The number of hydrogen-bond donors (Lipinski definition) is 2. The van der Waals surface area contributed by atoms with Crippen molar-refractivity contribution < 1.29 is 38.7 Å². The van der Waals surface area contributed by atoms with Gasteiger partial charge >= 0.3 is 11.9 Å². The van der Waals surface area contributed by atoms with Crippen LogP contribution >= 0.6 is 11.6 Å². The van der Waals surface area contributed by atoms with E-state index in [0.29, 0.717) is 62.5 Å². The molecule has 45 heavy (non-hydrogen) atoms. The van der Waals surface area contributed by atoms with Crippen molar-refractivity contribution in [2.45, 2.75) is 46.3 Å². The van der Waals surface area contributed by atoms with Gasteiger partial charge in [-0.25, -0.2) is 9.59 Å². The predicted molar refractivity (Wildman–Crippen MR) is 168 cm³/mol. The maximum Gasteiger partial charge on any atom is 0.336 e. The molecule has 5 rings (SSSR count). The van der Waals surface area contributed by atoms with Crippen LogP contribution in [-0.4, -0.2) is 45.8 Å². The van der Waals surface area contributed by atoms with Crippen molar-refractivity contribution in [3.63, 3.8) is 0 Å². The number of carbonyl (C=O) groups is 2. The van der Waals surface area contributed by atoms with Crippen molar-refractivity contribution in [2.75, 3.05) is 13.9 Å². The SMILES string of the molecule is CCCCn1ncc(/C=C(\Cc2cc3c(cc2OC)OCO3)C(=O)O)c1-c1cc(Cl)c(C)cc1OCc1ccccc1C(=O)O. The van der Waals surface area contributed by atoms with Crippen molar-refractivity contribution in [2.24, 2.45) is 0 Å². The van der Waals surface area contributed by atoms with Crippen molar-refractivity contribution in [3.05, 3.63) is 93.1 Å².